The highest BCUT2D eigenvalue weighted by molar-refractivity contribution is 6.33. The van der Waals surface area contributed by atoms with Gasteiger partial charge in [-0.25, -0.2) is 4.98 Å². The molecule has 1 aliphatic heterocycles. The van der Waals surface area contributed by atoms with Crippen LogP contribution >= 0.6 is 11.6 Å². The highest BCUT2D eigenvalue weighted by Crippen LogP contribution is 2.23. The topological polar surface area (TPSA) is 38.1 Å². The highest BCUT2D eigenvalue weighted by Gasteiger charge is 2.25. The van der Waals surface area contributed by atoms with E-state index in [9.17, 15) is 4.79 Å². The molecule has 1 fully saturated rings. The molecule has 2 heterocycles. The molecule has 0 radical (unpaired) electrons. The normalized spacial score (nSPS) is 16.0. The summed E-state index contributed by atoms with van der Waals surface area (Å²) < 4.78 is 2.19. The van der Waals surface area contributed by atoms with Crippen molar-refractivity contribution in [3.63, 3.8) is 0 Å². The zero-order valence-corrected chi connectivity index (χ0v) is 13.5. The van der Waals surface area contributed by atoms with Gasteiger partial charge >= 0.3 is 0 Å². The average Bonchev–Trinajstić information content (AvgIpc) is 2.93. The minimum absolute atomic E-state index is 0.0443. The lowest BCUT2D eigenvalue weighted by Crippen LogP contribution is -2.39. The van der Waals surface area contributed by atoms with E-state index in [0.29, 0.717) is 16.5 Å². The second-order valence-electron chi connectivity index (χ2n) is 5.84. The summed E-state index contributed by atoms with van der Waals surface area (Å²) >= 11 is 6.12. The monoisotopic (exact) mass is 317 g/mol. The second-order valence-corrected chi connectivity index (χ2v) is 6.25. The number of halogens is 1. The molecule has 116 valence electrons. The van der Waals surface area contributed by atoms with Gasteiger partial charge in [0.1, 0.15) is 5.82 Å². The van der Waals surface area contributed by atoms with Gasteiger partial charge in [0.05, 0.1) is 10.6 Å². The molecular weight excluding hydrogens is 298 g/mol. The van der Waals surface area contributed by atoms with E-state index >= 15 is 0 Å². The Morgan fingerprint density at radius 1 is 1.32 bits per heavy atom. The third-order valence-corrected chi connectivity index (χ3v) is 4.71. The molecule has 0 N–H and O–H groups in total. The number of hydrogen-bond donors (Lipinski definition) is 0. The van der Waals surface area contributed by atoms with Gasteiger partial charge in [-0.3, -0.25) is 4.79 Å². The maximum absolute atomic E-state index is 12.5. The van der Waals surface area contributed by atoms with Gasteiger partial charge in [-0.15, -0.1) is 0 Å². The van der Waals surface area contributed by atoms with Crippen LogP contribution in [-0.4, -0.2) is 33.4 Å². The first-order valence-corrected chi connectivity index (χ1v) is 8.04. The molecule has 2 aromatic rings. The molecule has 1 aliphatic rings. The maximum atomic E-state index is 12.5. The highest BCUT2D eigenvalue weighted by atomic mass is 35.5. The Hall–Kier alpha value is -1.81. The van der Waals surface area contributed by atoms with E-state index in [1.165, 1.54) is 0 Å². The molecule has 1 aromatic carbocycles. The number of hydrogen-bond acceptors (Lipinski definition) is 2. The Kier molecular flexibility index (Phi) is 4.48. The fourth-order valence-corrected chi connectivity index (χ4v) is 3.22. The Balaban J connectivity index is 1.59. The number of amides is 1. The number of rotatable bonds is 3. The zero-order valence-electron chi connectivity index (χ0n) is 12.7. The number of imidazole rings is 1. The predicted molar refractivity (Wildman–Crippen MR) is 87.0 cm³/mol. The number of likely N-dealkylation sites (tertiary alicyclic amines) is 1. The predicted octanol–water partition coefficient (Wildman–Crippen LogP) is 3.40. The van der Waals surface area contributed by atoms with Crippen LogP contribution in [0.3, 0.4) is 0 Å². The van der Waals surface area contributed by atoms with Crippen LogP contribution in [0.15, 0.2) is 36.7 Å². The van der Waals surface area contributed by atoms with Crippen LogP contribution in [0.2, 0.25) is 5.02 Å². The van der Waals surface area contributed by atoms with E-state index in [0.717, 1.165) is 38.3 Å². The number of benzene rings is 1. The van der Waals surface area contributed by atoms with Crippen LogP contribution in [0.1, 0.15) is 29.0 Å². The molecule has 0 unspecified atom stereocenters. The van der Waals surface area contributed by atoms with Gasteiger partial charge in [0.15, 0.2) is 0 Å². The number of carbonyl (C=O) groups is 1. The van der Waals surface area contributed by atoms with Gasteiger partial charge in [0.25, 0.3) is 5.91 Å². The summed E-state index contributed by atoms with van der Waals surface area (Å²) in [5, 5.41) is 0.531. The van der Waals surface area contributed by atoms with Gasteiger partial charge in [-0.05, 0) is 37.8 Å². The molecule has 5 heteroatoms. The fraction of sp³-hybridized carbons (Fsp3) is 0.412. The van der Waals surface area contributed by atoms with Gasteiger partial charge in [-0.1, -0.05) is 23.7 Å². The maximum Gasteiger partial charge on any atom is 0.255 e. The standard InChI is InChI=1S/C17H20ClN3O/c1-13-19-8-11-21(13)12-14-6-9-20(10-7-14)17(22)15-4-2-3-5-16(15)18/h2-5,8,11,14H,6-7,9-10,12H2,1H3. The lowest BCUT2D eigenvalue weighted by molar-refractivity contribution is 0.0682. The van der Waals surface area contributed by atoms with Crippen molar-refractivity contribution in [2.45, 2.75) is 26.3 Å². The van der Waals surface area contributed by atoms with Crippen molar-refractivity contribution < 1.29 is 4.79 Å². The van der Waals surface area contributed by atoms with E-state index in [1.807, 2.05) is 36.4 Å². The summed E-state index contributed by atoms with van der Waals surface area (Å²) in [7, 11) is 0. The van der Waals surface area contributed by atoms with Crippen molar-refractivity contribution in [3.8, 4) is 0 Å². The number of nitrogens with zero attached hydrogens (tertiary/aromatic N) is 3. The minimum atomic E-state index is 0.0443. The van der Waals surface area contributed by atoms with Crippen molar-refractivity contribution in [1.82, 2.24) is 14.5 Å². The quantitative estimate of drug-likeness (QED) is 0.870. The summed E-state index contributed by atoms with van der Waals surface area (Å²) in [6, 6.07) is 7.27. The molecule has 1 aromatic heterocycles. The van der Waals surface area contributed by atoms with E-state index in [-0.39, 0.29) is 5.91 Å². The van der Waals surface area contributed by atoms with E-state index in [1.54, 1.807) is 12.1 Å². The summed E-state index contributed by atoms with van der Waals surface area (Å²) in [5.41, 5.74) is 0.605. The van der Waals surface area contributed by atoms with Gasteiger partial charge in [-0.2, -0.15) is 0 Å². The van der Waals surface area contributed by atoms with Crippen LogP contribution in [0.5, 0.6) is 0 Å². The van der Waals surface area contributed by atoms with Crippen LogP contribution in [0.25, 0.3) is 0 Å². The molecule has 3 rings (SSSR count). The van der Waals surface area contributed by atoms with Crippen LogP contribution < -0.4 is 0 Å². The molecule has 0 atom stereocenters. The van der Waals surface area contributed by atoms with Crippen molar-refractivity contribution in [2.24, 2.45) is 5.92 Å². The second kappa shape index (κ2) is 6.53. The lowest BCUT2D eigenvalue weighted by Gasteiger charge is -2.32. The zero-order chi connectivity index (χ0) is 15.5. The Morgan fingerprint density at radius 2 is 2.05 bits per heavy atom. The van der Waals surface area contributed by atoms with E-state index < -0.39 is 0 Å². The summed E-state index contributed by atoms with van der Waals surface area (Å²) in [4.78, 5) is 18.7. The molecule has 0 saturated carbocycles. The smallest absolute Gasteiger partial charge is 0.255 e. The third kappa shape index (κ3) is 3.17. The van der Waals surface area contributed by atoms with Crippen molar-refractivity contribution >= 4 is 17.5 Å². The number of carbonyl (C=O) groups excluding carboxylic acids is 1. The lowest BCUT2D eigenvalue weighted by atomic mass is 9.96. The third-order valence-electron chi connectivity index (χ3n) is 4.38. The van der Waals surface area contributed by atoms with Gasteiger partial charge in [0.2, 0.25) is 0 Å². The molecule has 0 spiro atoms. The molecule has 4 nitrogen and oxygen atoms in total. The van der Waals surface area contributed by atoms with E-state index in [2.05, 4.69) is 9.55 Å². The Bertz CT molecular complexity index is 659. The van der Waals surface area contributed by atoms with Crippen molar-refractivity contribution in [2.75, 3.05) is 13.1 Å². The minimum Gasteiger partial charge on any atom is -0.339 e. The molecule has 1 saturated heterocycles. The number of piperidine rings is 1. The van der Waals surface area contributed by atoms with Crippen molar-refractivity contribution in [3.05, 3.63) is 53.1 Å². The van der Waals surface area contributed by atoms with Crippen LogP contribution in [-0.2, 0) is 6.54 Å². The Labute approximate surface area is 135 Å². The molecular formula is C17H20ClN3O. The molecule has 1 amide bonds. The molecule has 0 bridgehead atoms. The first-order valence-electron chi connectivity index (χ1n) is 7.66. The largest absolute Gasteiger partial charge is 0.339 e. The molecule has 0 aliphatic carbocycles. The summed E-state index contributed by atoms with van der Waals surface area (Å²) in [6.45, 7) is 4.60. The molecule has 22 heavy (non-hydrogen) atoms. The Morgan fingerprint density at radius 3 is 2.68 bits per heavy atom. The summed E-state index contributed by atoms with van der Waals surface area (Å²) in [5.74, 6) is 1.70. The first-order chi connectivity index (χ1) is 10.6. The number of aryl methyl sites for hydroxylation is 1. The van der Waals surface area contributed by atoms with Gasteiger partial charge in [0, 0.05) is 32.0 Å². The van der Waals surface area contributed by atoms with Crippen molar-refractivity contribution in [1.29, 1.82) is 0 Å². The SMILES string of the molecule is Cc1nccn1CC1CCN(C(=O)c2ccccc2Cl)CC1. The number of aromatic nitrogens is 2. The van der Waals surface area contributed by atoms with Gasteiger partial charge < -0.3 is 9.47 Å². The van der Waals surface area contributed by atoms with Crippen LogP contribution in [0.4, 0.5) is 0 Å². The fourth-order valence-electron chi connectivity index (χ4n) is 3.00. The first kappa shape index (κ1) is 15.1. The van der Waals surface area contributed by atoms with E-state index in [4.69, 9.17) is 11.6 Å². The average molecular weight is 318 g/mol. The van der Waals surface area contributed by atoms with Crippen LogP contribution in [0, 0.1) is 12.8 Å². The summed E-state index contributed by atoms with van der Waals surface area (Å²) in [6.07, 6.45) is 5.91.